The van der Waals surface area contributed by atoms with Crippen LogP contribution in [0, 0.1) is 6.92 Å². The van der Waals surface area contributed by atoms with E-state index in [1.807, 2.05) is 12.5 Å². The first-order valence-electron chi connectivity index (χ1n) is 6.78. The van der Waals surface area contributed by atoms with Crippen LogP contribution in [0.1, 0.15) is 36.6 Å². The quantitative estimate of drug-likeness (QED) is 0.913. The standard InChI is InChI=1S/C15H18BrN3/c1-11-12(16)5-4-7-14(11)19-10-17-9-15(19)13-6-2-3-8-18-13/h4-5,7,9-10,13,18H,2-3,6,8H2,1H3. The van der Waals surface area contributed by atoms with Crippen molar-refractivity contribution >= 4 is 15.9 Å². The fourth-order valence-electron chi connectivity index (χ4n) is 2.73. The number of halogens is 1. The highest BCUT2D eigenvalue weighted by atomic mass is 79.9. The fraction of sp³-hybridized carbons (Fsp3) is 0.400. The van der Waals surface area contributed by atoms with Gasteiger partial charge in [-0.3, -0.25) is 0 Å². The molecule has 0 radical (unpaired) electrons. The first kappa shape index (κ1) is 12.9. The van der Waals surface area contributed by atoms with E-state index in [0.29, 0.717) is 6.04 Å². The van der Waals surface area contributed by atoms with Gasteiger partial charge in [0, 0.05) is 10.5 Å². The molecule has 0 saturated carbocycles. The monoisotopic (exact) mass is 319 g/mol. The molecule has 0 aliphatic carbocycles. The van der Waals surface area contributed by atoms with E-state index in [1.54, 1.807) is 0 Å². The summed E-state index contributed by atoms with van der Waals surface area (Å²) in [7, 11) is 0. The summed E-state index contributed by atoms with van der Waals surface area (Å²) >= 11 is 3.60. The van der Waals surface area contributed by atoms with Crippen LogP contribution in [0.5, 0.6) is 0 Å². The minimum absolute atomic E-state index is 0.426. The van der Waals surface area contributed by atoms with Gasteiger partial charge in [-0.15, -0.1) is 0 Å². The molecule has 3 rings (SSSR count). The van der Waals surface area contributed by atoms with Gasteiger partial charge in [0.05, 0.1) is 23.9 Å². The largest absolute Gasteiger partial charge is 0.309 e. The second kappa shape index (κ2) is 5.47. The highest BCUT2D eigenvalue weighted by Gasteiger charge is 2.19. The topological polar surface area (TPSA) is 29.9 Å². The van der Waals surface area contributed by atoms with Crippen LogP contribution < -0.4 is 5.32 Å². The van der Waals surface area contributed by atoms with Crippen molar-refractivity contribution in [2.75, 3.05) is 6.54 Å². The number of benzene rings is 1. The third-order valence-corrected chi connectivity index (χ3v) is 4.69. The number of piperidine rings is 1. The van der Waals surface area contributed by atoms with E-state index in [0.717, 1.165) is 11.0 Å². The summed E-state index contributed by atoms with van der Waals surface area (Å²) in [5, 5.41) is 3.59. The highest BCUT2D eigenvalue weighted by Crippen LogP contribution is 2.28. The Morgan fingerprint density at radius 1 is 1.37 bits per heavy atom. The molecule has 100 valence electrons. The predicted molar refractivity (Wildman–Crippen MR) is 80.6 cm³/mol. The molecular formula is C15H18BrN3. The number of rotatable bonds is 2. The summed E-state index contributed by atoms with van der Waals surface area (Å²) in [6, 6.07) is 6.72. The minimum Gasteiger partial charge on any atom is -0.309 e. The molecule has 0 spiro atoms. The minimum atomic E-state index is 0.426. The number of hydrogen-bond acceptors (Lipinski definition) is 2. The molecule has 0 bridgehead atoms. The SMILES string of the molecule is Cc1c(Br)cccc1-n1cncc1C1CCCCN1. The molecule has 1 aromatic heterocycles. The molecule has 1 saturated heterocycles. The van der Waals surface area contributed by atoms with Crippen molar-refractivity contribution in [3.05, 3.63) is 46.5 Å². The van der Waals surface area contributed by atoms with Crippen LogP contribution in [0.3, 0.4) is 0 Å². The van der Waals surface area contributed by atoms with Gasteiger partial charge >= 0.3 is 0 Å². The third-order valence-electron chi connectivity index (χ3n) is 3.83. The van der Waals surface area contributed by atoms with Crippen LogP contribution >= 0.6 is 15.9 Å². The van der Waals surface area contributed by atoms with Crippen molar-refractivity contribution in [2.24, 2.45) is 0 Å². The predicted octanol–water partition coefficient (Wildman–Crippen LogP) is 3.76. The Hall–Kier alpha value is -1.13. The number of imidazole rings is 1. The average Bonchev–Trinajstić information content (AvgIpc) is 2.92. The molecule has 1 aliphatic rings. The Kier molecular flexibility index (Phi) is 3.71. The summed E-state index contributed by atoms with van der Waals surface area (Å²) in [6.07, 6.45) is 7.67. The van der Waals surface area contributed by atoms with E-state index in [4.69, 9.17) is 0 Å². The summed E-state index contributed by atoms with van der Waals surface area (Å²) in [5.41, 5.74) is 3.72. The summed E-state index contributed by atoms with van der Waals surface area (Å²) in [4.78, 5) is 4.35. The van der Waals surface area contributed by atoms with Crippen molar-refractivity contribution in [3.8, 4) is 5.69 Å². The van der Waals surface area contributed by atoms with Gasteiger partial charge in [0.25, 0.3) is 0 Å². The average molecular weight is 320 g/mol. The lowest BCUT2D eigenvalue weighted by atomic mass is 10.0. The van der Waals surface area contributed by atoms with Crippen LogP contribution in [-0.2, 0) is 0 Å². The zero-order chi connectivity index (χ0) is 13.2. The van der Waals surface area contributed by atoms with Crippen LogP contribution in [0.15, 0.2) is 35.2 Å². The molecule has 1 fully saturated rings. The van der Waals surface area contributed by atoms with Crippen LogP contribution in [0.25, 0.3) is 5.69 Å². The lowest BCUT2D eigenvalue weighted by Crippen LogP contribution is -2.28. The second-order valence-corrected chi connectivity index (χ2v) is 5.93. The van der Waals surface area contributed by atoms with Crippen molar-refractivity contribution in [1.82, 2.24) is 14.9 Å². The summed E-state index contributed by atoms with van der Waals surface area (Å²) in [5.74, 6) is 0. The number of hydrogen-bond donors (Lipinski definition) is 1. The Balaban J connectivity index is 2.01. The van der Waals surface area contributed by atoms with Gasteiger partial charge in [-0.25, -0.2) is 4.98 Å². The lowest BCUT2D eigenvalue weighted by Gasteiger charge is -2.25. The van der Waals surface area contributed by atoms with Gasteiger partial charge in [0.2, 0.25) is 0 Å². The Morgan fingerprint density at radius 2 is 2.26 bits per heavy atom. The maximum absolute atomic E-state index is 4.35. The van der Waals surface area contributed by atoms with Gasteiger partial charge in [0.15, 0.2) is 0 Å². The molecule has 0 amide bonds. The van der Waals surface area contributed by atoms with E-state index >= 15 is 0 Å². The molecule has 19 heavy (non-hydrogen) atoms. The zero-order valence-electron chi connectivity index (χ0n) is 11.1. The molecule has 2 heterocycles. The summed E-state index contributed by atoms with van der Waals surface area (Å²) in [6.45, 7) is 3.24. The Morgan fingerprint density at radius 3 is 3.05 bits per heavy atom. The smallest absolute Gasteiger partial charge is 0.0994 e. The Bertz CT molecular complexity index is 571. The third kappa shape index (κ3) is 2.47. The van der Waals surface area contributed by atoms with E-state index in [2.05, 4.69) is 55.9 Å². The van der Waals surface area contributed by atoms with Crippen LogP contribution in [0.4, 0.5) is 0 Å². The van der Waals surface area contributed by atoms with E-state index in [9.17, 15) is 0 Å². The van der Waals surface area contributed by atoms with Gasteiger partial charge < -0.3 is 9.88 Å². The van der Waals surface area contributed by atoms with Gasteiger partial charge in [-0.1, -0.05) is 28.4 Å². The first-order chi connectivity index (χ1) is 9.27. The second-order valence-electron chi connectivity index (χ2n) is 5.07. The molecular weight excluding hydrogens is 302 g/mol. The van der Waals surface area contributed by atoms with E-state index in [-0.39, 0.29) is 0 Å². The Labute approximate surface area is 122 Å². The first-order valence-corrected chi connectivity index (χ1v) is 7.58. The van der Waals surface area contributed by atoms with Gasteiger partial charge in [-0.05, 0) is 44.0 Å². The zero-order valence-corrected chi connectivity index (χ0v) is 12.7. The molecule has 1 aliphatic heterocycles. The molecule has 1 unspecified atom stereocenters. The van der Waals surface area contributed by atoms with Crippen molar-refractivity contribution in [1.29, 1.82) is 0 Å². The molecule has 1 aromatic carbocycles. The van der Waals surface area contributed by atoms with E-state index in [1.165, 1.54) is 36.2 Å². The molecule has 2 aromatic rings. The molecule has 3 nitrogen and oxygen atoms in total. The summed E-state index contributed by atoms with van der Waals surface area (Å²) < 4.78 is 3.35. The van der Waals surface area contributed by atoms with Crippen molar-refractivity contribution < 1.29 is 0 Å². The van der Waals surface area contributed by atoms with Crippen LogP contribution in [-0.4, -0.2) is 16.1 Å². The van der Waals surface area contributed by atoms with Crippen molar-refractivity contribution in [2.45, 2.75) is 32.2 Å². The van der Waals surface area contributed by atoms with E-state index < -0.39 is 0 Å². The fourth-order valence-corrected chi connectivity index (χ4v) is 3.08. The lowest BCUT2D eigenvalue weighted by molar-refractivity contribution is 0.402. The molecule has 1 N–H and O–H groups in total. The van der Waals surface area contributed by atoms with Gasteiger partial charge in [0.1, 0.15) is 0 Å². The number of nitrogens with one attached hydrogen (secondary N) is 1. The highest BCUT2D eigenvalue weighted by molar-refractivity contribution is 9.10. The van der Waals surface area contributed by atoms with Crippen molar-refractivity contribution in [3.63, 3.8) is 0 Å². The normalized spacial score (nSPS) is 19.6. The number of aromatic nitrogens is 2. The maximum Gasteiger partial charge on any atom is 0.0994 e. The maximum atomic E-state index is 4.35. The molecule has 1 atom stereocenters. The van der Waals surface area contributed by atoms with Crippen LogP contribution in [0.2, 0.25) is 0 Å². The molecule has 4 heteroatoms. The number of nitrogens with zero attached hydrogens (tertiary/aromatic N) is 2. The van der Waals surface area contributed by atoms with Gasteiger partial charge in [-0.2, -0.15) is 0 Å².